The van der Waals surface area contributed by atoms with Gasteiger partial charge in [-0.25, -0.2) is 4.39 Å². The van der Waals surface area contributed by atoms with Gasteiger partial charge in [0, 0.05) is 19.1 Å². The number of hydrogen-bond acceptors (Lipinski definition) is 6. The molecule has 0 atom stereocenters. The summed E-state index contributed by atoms with van der Waals surface area (Å²) < 4.78 is 23.0. The molecule has 96 valence electrons. The average Bonchev–Trinajstić information content (AvgIpc) is 2.74. The zero-order valence-electron chi connectivity index (χ0n) is 10.0. The molecule has 7 heteroatoms. The van der Waals surface area contributed by atoms with Gasteiger partial charge in [-0.15, -0.1) is 0 Å². The van der Waals surface area contributed by atoms with Gasteiger partial charge in [0.1, 0.15) is 0 Å². The van der Waals surface area contributed by atoms with E-state index in [2.05, 4.69) is 15.5 Å². The molecule has 0 spiro atoms. The van der Waals surface area contributed by atoms with Gasteiger partial charge in [-0.1, -0.05) is 5.16 Å². The zero-order chi connectivity index (χ0) is 13.1. The first-order valence-electron chi connectivity index (χ1n) is 5.26. The molecule has 0 amide bonds. The van der Waals surface area contributed by atoms with Crippen molar-refractivity contribution in [2.24, 2.45) is 0 Å². The third-order valence-electron chi connectivity index (χ3n) is 2.33. The van der Waals surface area contributed by atoms with Crippen LogP contribution in [0.5, 0.6) is 5.75 Å². The van der Waals surface area contributed by atoms with Crippen molar-refractivity contribution >= 4 is 11.4 Å². The van der Waals surface area contributed by atoms with Crippen LogP contribution in [0.1, 0.15) is 11.7 Å². The predicted octanol–water partition coefficient (Wildman–Crippen LogP) is 1.72. The van der Waals surface area contributed by atoms with E-state index in [1.165, 1.54) is 19.2 Å². The van der Waals surface area contributed by atoms with Crippen LogP contribution in [0, 0.1) is 12.7 Å². The Morgan fingerprint density at radius 2 is 2.28 bits per heavy atom. The van der Waals surface area contributed by atoms with Gasteiger partial charge in [0.25, 0.3) is 0 Å². The lowest BCUT2D eigenvalue weighted by atomic mass is 10.2. The molecule has 1 aromatic heterocycles. The highest BCUT2D eigenvalue weighted by Gasteiger charge is 2.09. The third kappa shape index (κ3) is 2.50. The number of aryl methyl sites for hydroxylation is 1. The summed E-state index contributed by atoms with van der Waals surface area (Å²) in [6.07, 6.45) is 0. The maximum absolute atomic E-state index is 13.3. The minimum Gasteiger partial charge on any atom is -0.494 e. The van der Waals surface area contributed by atoms with Crippen molar-refractivity contribution in [2.75, 3.05) is 18.2 Å². The van der Waals surface area contributed by atoms with Gasteiger partial charge in [0.2, 0.25) is 5.89 Å². The molecule has 0 aliphatic heterocycles. The van der Waals surface area contributed by atoms with Crippen LogP contribution in [0.2, 0.25) is 0 Å². The molecule has 1 aromatic carbocycles. The first-order chi connectivity index (χ1) is 8.60. The lowest BCUT2D eigenvalue weighted by molar-refractivity contribution is 0.386. The lowest BCUT2D eigenvalue weighted by Crippen LogP contribution is -2.05. The maximum Gasteiger partial charge on any atom is 0.223 e. The van der Waals surface area contributed by atoms with Gasteiger partial charge in [-0.2, -0.15) is 4.98 Å². The van der Waals surface area contributed by atoms with Crippen molar-refractivity contribution in [3.8, 4) is 5.75 Å². The molecule has 0 unspecified atom stereocenters. The number of methoxy groups -OCH3 is 1. The van der Waals surface area contributed by atoms with Crippen molar-refractivity contribution in [2.45, 2.75) is 13.5 Å². The van der Waals surface area contributed by atoms with Crippen LogP contribution in [0.15, 0.2) is 16.7 Å². The van der Waals surface area contributed by atoms with Crippen LogP contribution < -0.4 is 15.8 Å². The number of halogens is 1. The Kier molecular flexibility index (Phi) is 3.31. The number of rotatable bonds is 4. The first-order valence-corrected chi connectivity index (χ1v) is 5.26. The SMILES string of the molecule is COc1cc(NCc2noc(C)n2)c(N)cc1F. The van der Waals surface area contributed by atoms with Crippen LogP contribution in [0.25, 0.3) is 0 Å². The van der Waals surface area contributed by atoms with Crippen molar-refractivity contribution in [3.63, 3.8) is 0 Å². The lowest BCUT2D eigenvalue weighted by Gasteiger charge is -2.10. The van der Waals surface area contributed by atoms with Gasteiger partial charge in [-0.3, -0.25) is 0 Å². The van der Waals surface area contributed by atoms with Crippen molar-refractivity contribution in [3.05, 3.63) is 29.7 Å². The first kappa shape index (κ1) is 12.2. The Labute approximate surface area is 103 Å². The molecule has 0 fully saturated rings. The Morgan fingerprint density at radius 1 is 1.50 bits per heavy atom. The second-order valence-electron chi connectivity index (χ2n) is 3.66. The highest BCUT2D eigenvalue weighted by atomic mass is 19.1. The number of ether oxygens (including phenoxy) is 1. The smallest absolute Gasteiger partial charge is 0.223 e. The van der Waals surface area contributed by atoms with Crippen molar-refractivity contribution in [1.82, 2.24) is 10.1 Å². The highest BCUT2D eigenvalue weighted by molar-refractivity contribution is 5.68. The van der Waals surface area contributed by atoms with E-state index in [1.807, 2.05) is 0 Å². The number of hydrogen-bond donors (Lipinski definition) is 2. The molecule has 0 bridgehead atoms. The molecule has 6 nitrogen and oxygen atoms in total. The number of aromatic nitrogens is 2. The fourth-order valence-corrected chi connectivity index (χ4v) is 1.47. The van der Waals surface area contributed by atoms with Crippen LogP contribution in [0.4, 0.5) is 15.8 Å². The quantitative estimate of drug-likeness (QED) is 0.806. The van der Waals surface area contributed by atoms with Crippen LogP contribution in [-0.2, 0) is 6.54 Å². The molecule has 3 N–H and O–H groups in total. The minimum atomic E-state index is -0.504. The molecule has 2 rings (SSSR count). The van der Waals surface area contributed by atoms with E-state index in [1.54, 1.807) is 6.92 Å². The molecule has 18 heavy (non-hydrogen) atoms. The number of nitrogen functional groups attached to an aromatic ring is 1. The van der Waals surface area contributed by atoms with Crippen LogP contribution in [0.3, 0.4) is 0 Å². The Morgan fingerprint density at radius 3 is 2.89 bits per heavy atom. The summed E-state index contributed by atoms with van der Waals surface area (Å²) in [5.41, 5.74) is 6.53. The summed E-state index contributed by atoms with van der Waals surface area (Å²) in [5, 5.41) is 6.71. The minimum absolute atomic E-state index is 0.121. The van der Waals surface area contributed by atoms with Gasteiger partial charge >= 0.3 is 0 Å². The summed E-state index contributed by atoms with van der Waals surface area (Å²) in [6, 6.07) is 2.68. The van der Waals surface area contributed by atoms with E-state index >= 15 is 0 Å². The molecule has 0 radical (unpaired) electrons. The largest absolute Gasteiger partial charge is 0.494 e. The fraction of sp³-hybridized carbons (Fsp3) is 0.273. The number of anilines is 2. The Bertz CT molecular complexity index is 556. The highest BCUT2D eigenvalue weighted by Crippen LogP contribution is 2.28. The van der Waals surface area contributed by atoms with Crippen molar-refractivity contribution < 1.29 is 13.7 Å². The van der Waals surface area contributed by atoms with E-state index in [4.69, 9.17) is 15.0 Å². The summed E-state index contributed by atoms with van der Waals surface area (Å²) >= 11 is 0. The van der Waals surface area contributed by atoms with Crippen molar-refractivity contribution in [1.29, 1.82) is 0 Å². The number of nitrogens with two attached hydrogens (primary N) is 1. The molecule has 1 heterocycles. The van der Waals surface area contributed by atoms with E-state index in [-0.39, 0.29) is 11.4 Å². The van der Waals surface area contributed by atoms with E-state index in [0.717, 1.165) is 0 Å². The topological polar surface area (TPSA) is 86.2 Å². The summed E-state index contributed by atoms with van der Waals surface area (Å²) in [7, 11) is 1.39. The predicted molar refractivity (Wildman–Crippen MR) is 63.7 cm³/mol. The summed E-state index contributed by atoms with van der Waals surface area (Å²) in [4.78, 5) is 4.03. The number of benzene rings is 1. The summed E-state index contributed by atoms with van der Waals surface area (Å²) in [6.45, 7) is 2.03. The molecule has 0 saturated heterocycles. The second kappa shape index (κ2) is 4.91. The molecule has 2 aromatic rings. The van der Waals surface area contributed by atoms with Gasteiger partial charge in [0.05, 0.1) is 25.0 Å². The molecular formula is C11H13FN4O2. The summed E-state index contributed by atoms with van der Waals surface area (Å²) in [5.74, 6) is 0.596. The van der Waals surface area contributed by atoms with Crippen LogP contribution in [-0.4, -0.2) is 17.3 Å². The van der Waals surface area contributed by atoms with Crippen LogP contribution >= 0.6 is 0 Å². The van der Waals surface area contributed by atoms with E-state index < -0.39 is 5.82 Å². The van der Waals surface area contributed by atoms with Gasteiger partial charge in [0.15, 0.2) is 17.4 Å². The van der Waals surface area contributed by atoms with E-state index in [9.17, 15) is 4.39 Å². The molecule has 0 aliphatic carbocycles. The maximum atomic E-state index is 13.3. The molecule has 0 aliphatic rings. The Balaban J connectivity index is 2.13. The van der Waals surface area contributed by atoms with Gasteiger partial charge in [-0.05, 0) is 0 Å². The normalized spacial score (nSPS) is 10.4. The van der Waals surface area contributed by atoms with Gasteiger partial charge < -0.3 is 20.3 Å². The second-order valence-corrected chi connectivity index (χ2v) is 3.66. The fourth-order valence-electron chi connectivity index (χ4n) is 1.47. The molecular weight excluding hydrogens is 239 g/mol. The third-order valence-corrected chi connectivity index (χ3v) is 2.33. The number of nitrogens with one attached hydrogen (secondary N) is 1. The molecule has 0 saturated carbocycles. The zero-order valence-corrected chi connectivity index (χ0v) is 10.0. The average molecular weight is 252 g/mol. The Hall–Kier alpha value is -2.31. The standard InChI is InChI=1S/C11H13FN4O2/c1-6-15-11(16-18-6)5-14-9-4-10(17-2)7(12)3-8(9)13/h3-4,14H,5,13H2,1-2H3. The number of nitrogens with zero attached hydrogens (tertiary/aromatic N) is 2. The monoisotopic (exact) mass is 252 g/mol. The van der Waals surface area contributed by atoms with E-state index in [0.29, 0.717) is 23.9 Å².